The molecule has 9 nitrogen and oxygen atoms in total. The van der Waals surface area contributed by atoms with E-state index in [2.05, 4.69) is 9.88 Å². The van der Waals surface area contributed by atoms with E-state index in [-0.39, 0.29) is 42.7 Å². The fraction of sp³-hybridized carbons (Fsp3) is 0.522. The van der Waals surface area contributed by atoms with Crippen LogP contribution in [-0.2, 0) is 19.4 Å². The fourth-order valence-electron chi connectivity index (χ4n) is 4.64. The highest BCUT2D eigenvalue weighted by molar-refractivity contribution is 7.93. The normalized spacial score (nSPS) is 19.1. The first-order valence-electron chi connectivity index (χ1n) is 11.3. The molecule has 1 amide bonds. The number of aryl methyl sites for hydroxylation is 2. The first-order valence-corrected chi connectivity index (χ1v) is 13.6. The van der Waals surface area contributed by atoms with Crippen LogP contribution in [0.5, 0.6) is 0 Å². The number of aromatic nitrogens is 1. The molecule has 0 aliphatic carbocycles. The van der Waals surface area contributed by atoms with Crippen LogP contribution < -0.4 is 10.4 Å². The number of nitrogens with zero attached hydrogens (tertiary/aromatic N) is 2. The number of carbonyl (C=O) groups is 2. The average Bonchev–Trinajstić information content (AvgIpc) is 3.21. The van der Waals surface area contributed by atoms with Crippen molar-refractivity contribution in [1.29, 1.82) is 0 Å². The van der Waals surface area contributed by atoms with E-state index in [4.69, 9.17) is 4.74 Å². The Bertz CT molecular complexity index is 1140. The van der Waals surface area contributed by atoms with E-state index in [0.717, 1.165) is 16.3 Å². The Hall–Kier alpha value is -2.34. The van der Waals surface area contributed by atoms with Gasteiger partial charge in [0.15, 0.2) is 25.4 Å². The molecule has 0 atom stereocenters. The number of amides is 1. The molecule has 2 fully saturated rings. The first kappa shape index (κ1) is 24.8. The van der Waals surface area contributed by atoms with E-state index in [1.807, 2.05) is 13.8 Å². The Morgan fingerprint density at radius 3 is 2.29 bits per heavy atom. The fourth-order valence-corrected chi connectivity index (χ4v) is 7.51. The van der Waals surface area contributed by atoms with E-state index >= 15 is 0 Å². The number of nitrogens with one attached hydrogen (secondary N) is 1. The van der Waals surface area contributed by atoms with E-state index in [1.165, 1.54) is 28.9 Å². The van der Waals surface area contributed by atoms with Gasteiger partial charge in [-0.25, -0.2) is 18.9 Å². The van der Waals surface area contributed by atoms with Gasteiger partial charge in [0.25, 0.3) is 5.91 Å². The average molecular weight is 508 g/mol. The second-order valence-electron chi connectivity index (χ2n) is 8.83. The van der Waals surface area contributed by atoms with Crippen LogP contribution in [-0.4, -0.2) is 61.3 Å². The lowest BCUT2D eigenvalue weighted by atomic mass is 9.92. The van der Waals surface area contributed by atoms with Gasteiger partial charge in [-0.05, 0) is 63.8 Å². The predicted molar refractivity (Wildman–Crippen MR) is 127 cm³/mol. The van der Waals surface area contributed by atoms with Crippen molar-refractivity contribution in [3.8, 4) is 0 Å². The summed E-state index contributed by atoms with van der Waals surface area (Å²) in [5.41, 5.74) is 3.29. The first-order chi connectivity index (χ1) is 16.2. The molecule has 0 saturated carbocycles. The molecule has 3 heterocycles. The maximum Gasteiger partial charge on any atom is 0.265 e. The van der Waals surface area contributed by atoms with Gasteiger partial charge in [-0.15, -0.1) is 11.3 Å². The molecule has 4 rings (SSSR count). The van der Waals surface area contributed by atoms with Crippen LogP contribution in [0.1, 0.15) is 46.1 Å². The molecule has 0 radical (unpaired) electrons. The van der Waals surface area contributed by atoms with Gasteiger partial charge in [0, 0.05) is 42.8 Å². The lowest BCUT2D eigenvalue weighted by Crippen LogP contribution is -2.54. The zero-order valence-electron chi connectivity index (χ0n) is 19.2. The zero-order chi connectivity index (χ0) is 24.5. The molecule has 0 unspecified atom stereocenters. The summed E-state index contributed by atoms with van der Waals surface area (Å²) in [6.45, 7) is 5.49. The topological polar surface area (TPSA) is 126 Å². The quantitative estimate of drug-likeness (QED) is 0.347. The van der Waals surface area contributed by atoms with Crippen LogP contribution in [0.3, 0.4) is 0 Å². The largest absolute Gasteiger partial charge is 0.381 e. The Kier molecular flexibility index (Phi) is 7.09. The Morgan fingerprint density at radius 2 is 1.76 bits per heavy atom. The maximum absolute atomic E-state index is 13.4. The monoisotopic (exact) mass is 507 g/mol. The van der Waals surface area contributed by atoms with Crippen LogP contribution in [0.15, 0.2) is 29.2 Å². The van der Waals surface area contributed by atoms with E-state index in [9.17, 15) is 23.2 Å². The lowest BCUT2D eigenvalue weighted by Gasteiger charge is -2.35. The summed E-state index contributed by atoms with van der Waals surface area (Å²) in [6.07, 6.45) is 1.36. The molecule has 11 heteroatoms. The summed E-state index contributed by atoms with van der Waals surface area (Å²) in [7, 11) is -4.06. The van der Waals surface area contributed by atoms with E-state index in [0.29, 0.717) is 30.9 Å². The van der Waals surface area contributed by atoms with Crippen molar-refractivity contribution in [3.05, 3.63) is 39.8 Å². The van der Waals surface area contributed by atoms with Gasteiger partial charge in [0.05, 0.1) is 10.6 Å². The molecule has 2 aliphatic heterocycles. The minimum absolute atomic E-state index is 0.0246. The van der Waals surface area contributed by atoms with Gasteiger partial charge in [-0.1, -0.05) is 0 Å². The van der Waals surface area contributed by atoms with Gasteiger partial charge in [0.1, 0.15) is 0 Å². The third-order valence-corrected chi connectivity index (χ3v) is 10.6. The summed E-state index contributed by atoms with van der Waals surface area (Å²) in [6, 6.07) is 6.47. The molecule has 2 aliphatic rings. The second-order valence-corrected chi connectivity index (χ2v) is 12.3. The molecular weight excluding hydrogens is 478 g/mol. The summed E-state index contributed by atoms with van der Waals surface area (Å²) in [5.74, 6) is -0.894. The number of ketones is 1. The van der Waals surface area contributed by atoms with Crippen molar-refractivity contribution in [2.24, 2.45) is 5.92 Å². The third kappa shape index (κ3) is 4.37. The number of hydrogen-bond donors (Lipinski definition) is 2. The number of rotatable bonds is 6. The molecule has 34 heavy (non-hydrogen) atoms. The number of sulfone groups is 1. The van der Waals surface area contributed by atoms with Crippen molar-refractivity contribution >= 4 is 38.6 Å². The zero-order valence-corrected chi connectivity index (χ0v) is 20.9. The smallest absolute Gasteiger partial charge is 0.265 e. The van der Waals surface area contributed by atoms with Crippen molar-refractivity contribution in [1.82, 2.24) is 10.5 Å². The molecule has 2 N–H and O–H groups in total. The maximum atomic E-state index is 13.4. The highest BCUT2D eigenvalue weighted by Crippen LogP contribution is 2.36. The summed E-state index contributed by atoms with van der Waals surface area (Å²) in [5, 5.41) is 9.77. The van der Waals surface area contributed by atoms with Crippen LogP contribution in [0, 0.1) is 19.8 Å². The molecule has 2 aromatic rings. The molecule has 0 spiro atoms. The van der Waals surface area contributed by atoms with Crippen molar-refractivity contribution in [2.45, 2.75) is 49.2 Å². The summed E-state index contributed by atoms with van der Waals surface area (Å²) in [4.78, 5) is 32.8. The number of ether oxygens (including phenoxy) is 1. The predicted octanol–water partition coefficient (Wildman–Crippen LogP) is 2.69. The van der Waals surface area contributed by atoms with Crippen LogP contribution in [0.2, 0.25) is 0 Å². The standard InChI is InChI=1S/C23H29N3O6S2/c1-15-16(2)33-21(24-15)20(27)17-7-11-26(12-8-17)18-3-5-19(6-4-18)34(30,31)23(22(28)25-29)9-13-32-14-10-23/h3-6,17,29H,7-14H2,1-2H3,(H,25,28). The number of anilines is 1. The van der Waals surface area contributed by atoms with Crippen LogP contribution in [0.25, 0.3) is 0 Å². The van der Waals surface area contributed by atoms with Gasteiger partial charge in [-0.3, -0.25) is 14.8 Å². The number of thiazole rings is 1. The molecular formula is C23H29N3O6S2. The Morgan fingerprint density at radius 1 is 1.15 bits per heavy atom. The van der Waals surface area contributed by atoms with E-state index in [1.54, 1.807) is 12.1 Å². The molecule has 1 aromatic heterocycles. The number of carbonyl (C=O) groups excluding carboxylic acids is 2. The molecule has 184 valence electrons. The van der Waals surface area contributed by atoms with Crippen LogP contribution in [0.4, 0.5) is 5.69 Å². The third-order valence-electron chi connectivity index (χ3n) is 6.95. The minimum Gasteiger partial charge on any atom is -0.381 e. The Balaban J connectivity index is 1.46. The number of Topliss-reactive ketones (excluding diaryl/α,β-unsaturated/α-hetero) is 1. The van der Waals surface area contributed by atoms with Gasteiger partial charge in [-0.2, -0.15) is 0 Å². The summed E-state index contributed by atoms with van der Waals surface area (Å²) < 4.78 is 30.3. The summed E-state index contributed by atoms with van der Waals surface area (Å²) >= 11 is 1.45. The molecule has 0 bridgehead atoms. The SMILES string of the molecule is Cc1nc(C(=O)C2CCN(c3ccc(S(=O)(=O)C4(C(=O)NO)CCOCC4)cc3)CC2)sc1C. The van der Waals surface area contributed by atoms with Gasteiger partial charge in [0.2, 0.25) is 0 Å². The van der Waals surface area contributed by atoms with Gasteiger partial charge >= 0.3 is 0 Å². The lowest BCUT2D eigenvalue weighted by molar-refractivity contribution is -0.134. The molecule has 1 aromatic carbocycles. The highest BCUT2D eigenvalue weighted by atomic mass is 32.2. The van der Waals surface area contributed by atoms with Gasteiger partial charge < -0.3 is 9.64 Å². The number of piperidine rings is 1. The molecule has 2 saturated heterocycles. The van der Waals surface area contributed by atoms with E-state index < -0.39 is 20.5 Å². The number of hydrogen-bond acceptors (Lipinski definition) is 9. The number of hydroxylamine groups is 1. The van der Waals surface area contributed by atoms with Crippen LogP contribution >= 0.6 is 11.3 Å². The Labute approximate surface area is 203 Å². The van der Waals surface area contributed by atoms with Crippen molar-refractivity contribution < 1.29 is 28.0 Å². The van der Waals surface area contributed by atoms with Crippen molar-refractivity contribution in [3.63, 3.8) is 0 Å². The highest BCUT2D eigenvalue weighted by Gasteiger charge is 2.52. The van der Waals surface area contributed by atoms with Crippen molar-refractivity contribution in [2.75, 3.05) is 31.2 Å². The minimum atomic E-state index is -4.06. The number of benzene rings is 1. The second kappa shape index (κ2) is 9.73.